The number of para-hydroxylation sites is 1. The van der Waals surface area contributed by atoms with Crippen LogP contribution in [0.5, 0.6) is 0 Å². The molecule has 1 aromatic heterocycles. The van der Waals surface area contributed by atoms with Gasteiger partial charge in [0.2, 0.25) is 0 Å². The summed E-state index contributed by atoms with van der Waals surface area (Å²) in [5.74, 6) is 0. The Labute approximate surface area is 151 Å². The first kappa shape index (κ1) is 17.3. The molecule has 128 valence electrons. The summed E-state index contributed by atoms with van der Waals surface area (Å²) in [6.45, 7) is 9.58. The number of rotatable bonds is 5. The third kappa shape index (κ3) is 3.76. The molecule has 1 heteroatoms. The molecule has 0 aliphatic rings. The minimum absolute atomic E-state index is 0.905. The van der Waals surface area contributed by atoms with E-state index < -0.39 is 0 Å². The molecule has 1 heterocycles. The predicted molar refractivity (Wildman–Crippen MR) is 110 cm³/mol. The molecule has 0 N–H and O–H groups in total. The summed E-state index contributed by atoms with van der Waals surface area (Å²) in [5, 5.41) is 1.36. The quantitative estimate of drug-likeness (QED) is 0.454. The predicted octanol–water partition coefficient (Wildman–Crippen LogP) is 6.78. The van der Waals surface area contributed by atoms with Crippen LogP contribution in [0.3, 0.4) is 0 Å². The van der Waals surface area contributed by atoms with Crippen LogP contribution in [0.4, 0.5) is 0 Å². The second-order valence-corrected chi connectivity index (χ2v) is 7.09. The molecule has 0 radical (unpaired) electrons. The Morgan fingerprint density at radius 3 is 2.12 bits per heavy atom. The summed E-state index contributed by atoms with van der Waals surface area (Å²) in [6.07, 6.45) is 5.61. The van der Waals surface area contributed by atoms with Crippen molar-refractivity contribution in [2.75, 3.05) is 0 Å². The number of aromatic nitrogens is 1. The highest BCUT2D eigenvalue weighted by Gasteiger charge is 2.16. The Morgan fingerprint density at radius 1 is 0.800 bits per heavy atom. The van der Waals surface area contributed by atoms with E-state index in [9.17, 15) is 0 Å². The third-order valence-corrected chi connectivity index (χ3v) is 4.52. The van der Waals surface area contributed by atoms with Crippen LogP contribution in [-0.2, 0) is 13.0 Å². The summed E-state index contributed by atoms with van der Waals surface area (Å²) in [7, 11) is 0. The number of hydrogen-bond donors (Lipinski definition) is 0. The van der Waals surface area contributed by atoms with Crippen LogP contribution >= 0.6 is 0 Å². The maximum Gasteiger partial charge on any atom is 0.0530 e. The molecule has 3 aromatic rings. The number of allylic oxidation sites excluding steroid dienone is 4. The molecule has 0 saturated heterocycles. The van der Waals surface area contributed by atoms with Gasteiger partial charge in [-0.25, -0.2) is 0 Å². The fourth-order valence-electron chi connectivity index (χ4n) is 3.28. The van der Waals surface area contributed by atoms with Crippen LogP contribution in [0, 0.1) is 0 Å². The van der Waals surface area contributed by atoms with Crippen molar-refractivity contribution in [2.24, 2.45) is 0 Å². The van der Waals surface area contributed by atoms with Crippen LogP contribution in [0.1, 0.15) is 33.3 Å². The SMILES string of the molecule is CC(C)=CCc1c(-c2ccccc2)n(CC=C(C)C)c2ccccc12. The van der Waals surface area contributed by atoms with Gasteiger partial charge >= 0.3 is 0 Å². The Balaban J connectivity index is 2.30. The zero-order chi connectivity index (χ0) is 17.8. The highest BCUT2D eigenvalue weighted by atomic mass is 15.0. The minimum Gasteiger partial charge on any atom is -0.336 e. The van der Waals surface area contributed by atoms with Crippen LogP contribution < -0.4 is 0 Å². The van der Waals surface area contributed by atoms with Crippen molar-refractivity contribution >= 4 is 10.9 Å². The Hall–Kier alpha value is -2.54. The summed E-state index contributed by atoms with van der Waals surface area (Å²) >= 11 is 0. The van der Waals surface area contributed by atoms with Crippen molar-refractivity contribution in [1.82, 2.24) is 4.57 Å². The van der Waals surface area contributed by atoms with Crippen molar-refractivity contribution in [3.8, 4) is 11.3 Å². The average Bonchev–Trinajstić information content (AvgIpc) is 2.92. The van der Waals surface area contributed by atoms with Crippen molar-refractivity contribution < 1.29 is 0 Å². The largest absolute Gasteiger partial charge is 0.336 e. The van der Waals surface area contributed by atoms with Gasteiger partial charge in [0.05, 0.1) is 5.69 Å². The number of fused-ring (bicyclic) bond motifs is 1. The van der Waals surface area contributed by atoms with Crippen LogP contribution in [0.2, 0.25) is 0 Å². The molecule has 0 bridgehead atoms. The molecule has 1 nitrogen and oxygen atoms in total. The maximum atomic E-state index is 2.46. The first-order valence-electron chi connectivity index (χ1n) is 9.00. The Morgan fingerprint density at radius 2 is 1.44 bits per heavy atom. The molecule has 2 aromatic carbocycles. The van der Waals surface area contributed by atoms with E-state index in [0.29, 0.717) is 0 Å². The zero-order valence-corrected chi connectivity index (χ0v) is 15.7. The van der Waals surface area contributed by atoms with E-state index in [1.807, 2.05) is 0 Å². The lowest BCUT2D eigenvalue weighted by Gasteiger charge is -2.11. The van der Waals surface area contributed by atoms with Gasteiger partial charge in [-0.15, -0.1) is 0 Å². The third-order valence-electron chi connectivity index (χ3n) is 4.52. The summed E-state index contributed by atoms with van der Waals surface area (Å²) in [5.41, 5.74) is 8.08. The molecular formula is C24H27N. The van der Waals surface area contributed by atoms with Gasteiger partial charge in [0.1, 0.15) is 0 Å². The lowest BCUT2D eigenvalue weighted by molar-refractivity contribution is 0.860. The van der Waals surface area contributed by atoms with Crippen molar-refractivity contribution in [3.05, 3.63) is 83.5 Å². The molecular weight excluding hydrogens is 302 g/mol. The van der Waals surface area contributed by atoms with Crippen molar-refractivity contribution in [2.45, 2.75) is 40.7 Å². The average molecular weight is 329 g/mol. The Kier molecular flexibility index (Phi) is 5.23. The van der Waals surface area contributed by atoms with Crippen LogP contribution in [-0.4, -0.2) is 4.57 Å². The normalized spacial score (nSPS) is 10.7. The fourth-order valence-corrected chi connectivity index (χ4v) is 3.28. The molecule has 0 aliphatic heterocycles. The Bertz CT molecular complexity index is 858. The van der Waals surface area contributed by atoms with Gasteiger partial charge in [0, 0.05) is 17.4 Å². The monoisotopic (exact) mass is 329 g/mol. The molecule has 0 spiro atoms. The van der Waals surface area contributed by atoms with E-state index >= 15 is 0 Å². The molecule has 25 heavy (non-hydrogen) atoms. The van der Waals surface area contributed by atoms with Gasteiger partial charge in [0.25, 0.3) is 0 Å². The molecule has 0 fully saturated rings. The minimum atomic E-state index is 0.905. The van der Waals surface area contributed by atoms with Gasteiger partial charge in [-0.05, 0) is 51.3 Å². The van der Waals surface area contributed by atoms with Gasteiger partial charge in [-0.1, -0.05) is 71.8 Å². The number of hydrogen-bond acceptors (Lipinski definition) is 0. The second-order valence-electron chi connectivity index (χ2n) is 7.09. The summed E-state index contributed by atoms with van der Waals surface area (Å²) in [4.78, 5) is 0. The molecule has 0 atom stereocenters. The highest BCUT2D eigenvalue weighted by Crippen LogP contribution is 2.34. The van der Waals surface area contributed by atoms with E-state index in [1.165, 1.54) is 38.9 Å². The molecule has 0 saturated carbocycles. The fraction of sp³-hybridized carbons (Fsp3) is 0.250. The molecule has 0 amide bonds. The maximum absolute atomic E-state index is 2.46. The van der Waals surface area contributed by atoms with E-state index in [1.54, 1.807) is 0 Å². The van der Waals surface area contributed by atoms with Crippen LogP contribution in [0.15, 0.2) is 77.9 Å². The smallest absolute Gasteiger partial charge is 0.0530 e. The van der Waals surface area contributed by atoms with Crippen molar-refractivity contribution in [1.29, 1.82) is 0 Å². The lowest BCUT2D eigenvalue weighted by atomic mass is 10.0. The summed E-state index contributed by atoms with van der Waals surface area (Å²) in [6, 6.07) is 19.6. The van der Waals surface area contributed by atoms with E-state index in [0.717, 1.165) is 13.0 Å². The zero-order valence-electron chi connectivity index (χ0n) is 15.7. The van der Waals surface area contributed by atoms with E-state index in [-0.39, 0.29) is 0 Å². The van der Waals surface area contributed by atoms with Gasteiger partial charge in [0.15, 0.2) is 0 Å². The second kappa shape index (κ2) is 7.57. The number of nitrogens with zero attached hydrogens (tertiary/aromatic N) is 1. The first-order valence-corrected chi connectivity index (χ1v) is 9.00. The topological polar surface area (TPSA) is 4.93 Å². The van der Waals surface area contributed by atoms with Gasteiger partial charge < -0.3 is 4.57 Å². The summed E-state index contributed by atoms with van der Waals surface area (Å²) < 4.78 is 2.46. The highest BCUT2D eigenvalue weighted by molar-refractivity contribution is 5.92. The van der Waals surface area contributed by atoms with Crippen molar-refractivity contribution in [3.63, 3.8) is 0 Å². The van der Waals surface area contributed by atoms with Crippen LogP contribution in [0.25, 0.3) is 22.2 Å². The van der Waals surface area contributed by atoms with E-state index in [4.69, 9.17) is 0 Å². The van der Waals surface area contributed by atoms with Gasteiger partial charge in [-0.3, -0.25) is 0 Å². The first-order chi connectivity index (χ1) is 12.1. The molecule has 0 unspecified atom stereocenters. The standard InChI is InChI=1S/C24H27N/c1-18(2)14-15-22-21-12-8-9-13-23(21)25(17-16-19(3)4)24(22)20-10-6-5-7-11-20/h5-14,16H,15,17H2,1-4H3. The van der Waals surface area contributed by atoms with E-state index in [2.05, 4.69) is 99.0 Å². The number of benzene rings is 2. The van der Waals surface area contributed by atoms with Gasteiger partial charge in [-0.2, -0.15) is 0 Å². The molecule has 3 rings (SSSR count). The lowest BCUT2D eigenvalue weighted by Crippen LogP contribution is -1.99. The molecule has 0 aliphatic carbocycles.